The van der Waals surface area contributed by atoms with E-state index in [4.69, 9.17) is 5.73 Å². The third-order valence-electron chi connectivity index (χ3n) is 3.12. The van der Waals surface area contributed by atoms with E-state index >= 15 is 0 Å². The summed E-state index contributed by atoms with van der Waals surface area (Å²) in [5.41, 5.74) is 5.67. The Morgan fingerprint density at radius 3 is 2.06 bits per heavy atom. The number of rotatable bonds is 5. The van der Waals surface area contributed by atoms with Crippen LogP contribution in [0.1, 0.15) is 41.5 Å². The summed E-state index contributed by atoms with van der Waals surface area (Å²) in [6.45, 7) is 11.8. The zero-order chi connectivity index (χ0) is 14.5. The first-order valence-electron chi connectivity index (χ1n) is 6.38. The largest absolute Gasteiger partial charge is 0.352 e. The summed E-state index contributed by atoms with van der Waals surface area (Å²) in [5.74, 6) is -0.424. The summed E-state index contributed by atoms with van der Waals surface area (Å²) in [6, 6.07) is -0.529. The molecule has 4 N–H and O–H groups in total. The van der Waals surface area contributed by atoms with Gasteiger partial charge in [0.15, 0.2) is 0 Å². The van der Waals surface area contributed by atoms with E-state index in [1.54, 1.807) is 0 Å². The lowest BCUT2D eigenvalue weighted by molar-refractivity contribution is -0.127. The lowest BCUT2D eigenvalue weighted by atomic mass is 9.88. The fraction of sp³-hybridized carbons (Fsp3) is 0.846. The molecule has 0 aliphatic heterocycles. The summed E-state index contributed by atoms with van der Waals surface area (Å²) in [6.07, 6.45) is 0. The first kappa shape index (κ1) is 16.9. The second-order valence-corrected chi connectivity index (χ2v) is 6.14. The van der Waals surface area contributed by atoms with E-state index in [2.05, 4.69) is 10.6 Å². The molecule has 0 aromatic rings. The maximum Gasteiger partial charge on any atom is 0.239 e. The highest BCUT2D eigenvalue weighted by Crippen LogP contribution is 2.18. The van der Waals surface area contributed by atoms with Gasteiger partial charge in [0, 0.05) is 6.04 Å². The van der Waals surface area contributed by atoms with E-state index < -0.39 is 6.04 Å². The minimum absolute atomic E-state index is 0.00595. The third kappa shape index (κ3) is 6.00. The van der Waals surface area contributed by atoms with E-state index in [9.17, 15) is 9.59 Å². The van der Waals surface area contributed by atoms with Crippen molar-refractivity contribution in [3.05, 3.63) is 0 Å². The second-order valence-electron chi connectivity index (χ2n) is 6.14. The van der Waals surface area contributed by atoms with Crippen LogP contribution < -0.4 is 16.4 Å². The smallest absolute Gasteiger partial charge is 0.239 e. The van der Waals surface area contributed by atoms with Gasteiger partial charge in [0.2, 0.25) is 11.8 Å². The number of carbonyl (C=O) groups excluding carboxylic acids is 2. The highest BCUT2D eigenvalue weighted by molar-refractivity contribution is 5.87. The van der Waals surface area contributed by atoms with Crippen LogP contribution in [0.3, 0.4) is 0 Å². The molecule has 106 valence electrons. The monoisotopic (exact) mass is 257 g/mol. The molecule has 2 atom stereocenters. The molecule has 0 radical (unpaired) electrons. The fourth-order valence-electron chi connectivity index (χ4n) is 1.10. The third-order valence-corrected chi connectivity index (χ3v) is 3.12. The van der Waals surface area contributed by atoms with Gasteiger partial charge in [-0.1, -0.05) is 34.6 Å². The predicted octanol–water partition coefficient (Wildman–Crippen LogP) is 0.637. The van der Waals surface area contributed by atoms with Gasteiger partial charge in [-0.3, -0.25) is 9.59 Å². The van der Waals surface area contributed by atoms with Crippen molar-refractivity contribution in [3.63, 3.8) is 0 Å². The molecule has 5 nitrogen and oxygen atoms in total. The molecule has 0 spiro atoms. The Kier molecular flexibility index (Phi) is 6.32. The van der Waals surface area contributed by atoms with Gasteiger partial charge in [0.25, 0.3) is 0 Å². The Morgan fingerprint density at radius 2 is 1.67 bits per heavy atom. The van der Waals surface area contributed by atoms with E-state index in [0.29, 0.717) is 0 Å². The van der Waals surface area contributed by atoms with Crippen molar-refractivity contribution >= 4 is 11.8 Å². The lowest BCUT2D eigenvalue weighted by Gasteiger charge is -2.28. The molecule has 0 aliphatic rings. The molecular weight excluding hydrogens is 230 g/mol. The number of carbonyl (C=O) groups is 2. The number of hydrogen-bond donors (Lipinski definition) is 3. The van der Waals surface area contributed by atoms with Crippen LogP contribution in [0.2, 0.25) is 0 Å². The first-order chi connectivity index (χ1) is 8.05. The van der Waals surface area contributed by atoms with Crippen LogP contribution in [0.4, 0.5) is 0 Å². The molecule has 18 heavy (non-hydrogen) atoms. The molecule has 0 saturated carbocycles. The van der Waals surface area contributed by atoms with Gasteiger partial charge in [-0.2, -0.15) is 0 Å². The predicted molar refractivity (Wildman–Crippen MR) is 72.9 cm³/mol. The van der Waals surface area contributed by atoms with Crippen LogP contribution in [0.5, 0.6) is 0 Å². The summed E-state index contributed by atoms with van der Waals surface area (Å²) < 4.78 is 0. The molecule has 0 rings (SSSR count). The molecule has 0 saturated heterocycles. The van der Waals surface area contributed by atoms with Crippen molar-refractivity contribution in [3.8, 4) is 0 Å². The Bertz CT molecular complexity index is 295. The molecule has 0 aliphatic carbocycles. The first-order valence-corrected chi connectivity index (χ1v) is 6.38. The summed E-state index contributed by atoms with van der Waals surface area (Å²) in [7, 11) is 0. The number of amides is 2. The van der Waals surface area contributed by atoms with Crippen molar-refractivity contribution < 1.29 is 9.59 Å². The van der Waals surface area contributed by atoms with Crippen LogP contribution in [0.15, 0.2) is 0 Å². The van der Waals surface area contributed by atoms with Gasteiger partial charge >= 0.3 is 0 Å². The molecule has 0 bridgehead atoms. The molecule has 0 fully saturated rings. The highest BCUT2D eigenvalue weighted by atomic mass is 16.2. The number of hydrogen-bond acceptors (Lipinski definition) is 3. The van der Waals surface area contributed by atoms with Crippen molar-refractivity contribution in [2.45, 2.75) is 53.6 Å². The average molecular weight is 257 g/mol. The molecule has 1 unspecified atom stereocenters. The SMILES string of the molecule is CC(C)[C@H](N)C(=O)NCC(=O)NC(C)C(C)(C)C. The van der Waals surface area contributed by atoms with E-state index in [-0.39, 0.29) is 35.7 Å². The van der Waals surface area contributed by atoms with Crippen LogP contribution in [-0.2, 0) is 9.59 Å². The van der Waals surface area contributed by atoms with Crippen LogP contribution in [0.25, 0.3) is 0 Å². The van der Waals surface area contributed by atoms with Crippen LogP contribution in [0, 0.1) is 11.3 Å². The van der Waals surface area contributed by atoms with E-state index in [1.165, 1.54) is 0 Å². The van der Waals surface area contributed by atoms with Gasteiger partial charge in [0.05, 0.1) is 12.6 Å². The lowest BCUT2D eigenvalue weighted by Crippen LogP contribution is -2.49. The number of nitrogens with two attached hydrogens (primary N) is 1. The van der Waals surface area contributed by atoms with Gasteiger partial charge in [-0.15, -0.1) is 0 Å². The minimum Gasteiger partial charge on any atom is -0.352 e. The van der Waals surface area contributed by atoms with Crippen molar-refractivity contribution in [1.29, 1.82) is 0 Å². The van der Waals surface area contributed by atoms with Gasteiger partial charge < -0.3 is 16.4 Å². The Labute approximate surface area is 110 Å². The molecule has 5 heteroatoms. The van der Waals surface area contributed by atoms with E-state index in [0.717, 1.165) is 0 Å². The number of nitrogens with one attached hydrogen (secondary N) is 2. The standard InChI is InChI=1S/C13H27N3O2/c1-8(2)11(14)12(18)15-7-10(17)16-9(3)13(4,5)6/h8-9,11H,7,14H2,1-6H3,(H,15,18)(H,16,17)/t9?,11-/m0/s1. The maximum absolute atomic E-state index is 11.6. The van der Waals surface area contributed by atoms with Gasteiger partial charge in [0.1, 0.15) is 0 Å². The Balaban J connectivity index is 4.09. The van der Waals surface area contributed by atoms with Crippen LogP contribution >= 0.6 is 0 Å². The zero-order valence-electron chi connectivity index (χ0n) is 12.3. The zero-order valence-corrected chi connectivity index (χ0v) is 12.3. The Hall–Kier alpha value is -1.10. The summed E-state index contributed by atoms with van der Waals surface area (Å²) in [4.78, 5) is 23.2. The topological polar surface area (TPSA) is 84.2 Å². The summed E-state index contributed by atoms with van der Waals surface area (Å²) in [5, 5.41) is 5.39. The normalized spacial score (nSPS) is 15.1. The van der Waals surface area contributed by atoms with Crippen molar-refractivity contribution in [2.75, 3.05) is 6.54 Å². The molecule has 0 heterocycles. The molecular formula is C13H27N3O2. The quantitative estimate of drug-likeness (QED) is 0.675. The minimum atomic E-state index is -0.571. The molecule has 0 aromatic heterocycles. The Morgan fingerprint density at radius 1 is 1.17 bits per heavy atom. The molecule has 2 amide bonds. The van der Waals surface area contributed by atoms with Gasteiger partial charge in [-0.25, -0.2) is 0 Å². The molecule has 0 aromatic carbocycles. The summed E-state index contributed by atoms with van der Waals surface area (Å²) >= 11 is 0. The highest BCUT2D eigenvalue weighted by Gasteiger charge is 2.22. The second kappa shape index (κ2) is 6.73. The maximum atomic E-state index is 11.6. The fourth-order valence-corrected chi connectivity index (χ4v) is 1.10. The average Bonchev–Trinajstić information content (AvgIpc) is 2.23. The van der Waals surface area contributed by atoms with Crippen molar-refractivity contribution in [2.24, 2.45) is 17.1 Å². The van der Waals surface area contributed by atoms with Crippen molar-refractivity contribution in [1.82, 2.24) is 10.6 Å². The van der Waals surface area contributed by atoms with Crippen LogP contribution in [-0.4, -0.2) is 30.4 Å². The van der Waals surface area contributed by atoms with E-state index in [1.807, 2.05) is 41.5 Å². The van der Waals surface area contributed by atoms with Gasteiger partial charge in [-0.05, 0) is 18.3 Å².